The van der Waals surface area contributed by atoms with Crippen molar-refractivity contribution in [1.29, 1.82) is 0 Å². The Kier molecular flexibility index (Phi) is 5.12. The number of aromatic nitrogens is 1. The lowest BCUT2D eigenvalue weighted by Crippen LogP contribution is -2.32. The van der Waals surface area contributed by atoms with Crippen LogP contribution in [0.15, 0.2) is 66.7 Å². The van der Waals surface area contributed by atoms with E-state index in [4.69, 9.17) is 0 Å². The average Bonchev–Trinajstić information content (AvgIpc) is 3.04. The van der Waals surface area contributed by atoms with Crippen LogP contribution in [0.2, 0.25) is 0 Å². The minimum absolute atomic E-state index is 0.0346. The van der Waals surface area contributed by atoms with Gasteiger partial charge in [0.05, 0.1) is 12.5 Å². The SMILES string of the molecule is Cc1ccc([C@H](CC(=O)Nc2cccc(C)n2)N2Cc3ccccc3C2=O)cc1. The van der Waals surface area contributed by atoms with E-state index in [0.29, 0.717) is 17.9 Å². The number of pyridine rings is 1. The van der Waals surface area contributed by atoms with Crippen LogP contribution in [-0.2, 0) is 11.3 Å². The van der Waals surface area contributed by atoms with Crippen molar-refractivity contribution in [3.05, 3.63) is 94.7 Å². The summed E-state index contributed by atoms with van der Waals surface area (Å²) in [5, 5.41) is 2.87. The molecule has 1 aliphatic rings. The second-order valence-electron chi connectivity index (χ2n) is 7.43. The predicted octanol–water partition coefficient (Wildman–Crippen LogP) is 4.42. The zero-order valence-corrected chi connectivity index (χ0v) is 16.6. The van der Waals surface area contributed by atoms with Gasteiger partial charge in [-0.25, -0.2) is 4.98 Å². The Morgan fingerprint density at radius 1 is 1.03 bits per heavy atom. The van der Waals surface area contributed by atoms with E-state index in [1.54, 1.807) is 11.0 Å². The zero-order valence-electron chi connectivity index (χ0n) is 16.6. The van der Waals surface area contributed by atoms with Gasteiger partial charge in [-0.15, -0.1) is 0 Å². The topological polar surface area (TPSA) is 62.3 Å². The molecule has 5 nitrogen and oxygen atoms in total. The largest absolute Gasteiger partial charge is 0.327 e. The van der Waals surface area contributed by atoms with E-state index < -0.39 is 0 Å². The minimum Gasteiger partial charge on any atom is -0.327 e. The first-order chi connectivity index (χ1) is 14.0. The number of rotatable bonds is 5. The number of hydrogen-bond acceptors (Lipinski definition) is 3. The monoisotopic (exact) mass is 385 g/mol. The molecule has 2 heterocycles. The van der Waals surface area contributed by atoms with Crippen LogP contribution in [0, 0.1) is 13.8 Å². The van der Waals surface area contributed by atoms with E-state index in [9.17, 15) is 9.59 Å². The first kappa shape index (κ1) is 18.9. The van der Waals surface area contributed by atoms with Crippen molar-refractivity contribution in [2.75, 3.05) is 5.32 Å². The molecule has 0 bridgehead atoms. The van der Waals surface area contributed by atoms with E-state index in [2.05, 4.69) is 10.3 Å². The van der Waals surface area contributed by atoms with Gasteiger partial charge in [0.1, 0.15) is 5.82 Å². The van der Waals surface area contributed by atoms with Crippen LogP contribution in [-0.4, -0.2) is 21.7 Å². The Hall–Kier alpha value is -3.47. The molecule has 1 aromatic heterocycles. The standard InChI is InChI=1S/C24H23N3O2/c1-16-10-12-18(13-11-16)21(14-23(28)26-22-9-5-6-17(2)25-22)27-15-19-7-3-4-8-20(19)24(27)29/h3-13,21H,14-15H2,1-2H3,(H,25,26,28)/t21-/m0/s1. The summed E-state index contributed by atoms with van der Waals surface area (Å²) >= 11 is 0. The van der Waals surface area contributed by atoms with Gasteiger partial charge in [-0.1, -0.05) is 54.1 Å². The number of aryl methyl sites for hydroxylation is 2. The highest BCUT2D eigenvalue weighted by Gasteiger charge is 2.34. The fraction of sp³-hybridized carbons (Fsp3) is 0.208. The van der Waals surface area contributed by atoms with Gasteiger partial charge in [0, 0.05) is 17.8 Å². The highest BCUT2D eigenvalue weighted by atomic mass is 16.2. The maximum Gasteiger partial charge on any atom is 0.255 e. The number of carbonyl (C=O) groups is 2. The van der Waals surface area contributed by atoms with Crippen LogP contribution in [0.4, 0.5) is 5.82 Å². The Morgan fingerprint density at radius 2 is 1.79 bits per heavy atom. The van der Waals surface area contributed by atoms with Crippen LogP contribution < -0.4 is 5.32 Å². The van der Waals surface area contributed by atoms with Gasteiger partial charge in [-0.2, -0.15) is 0 Å². The summed E-state index contributed by atoms with van der Waals surface area (Å²) in [6, 6.07) is 20.8. The number of nitrogens with zero attached hydrogens (tertiary/aromatic N) is 2. The lowest BCUT2D eigenvalue weighted by molar-refractivity contribution is -0.117. The van der Waals surface area contributed by atoms with Crippen molar-refractivity contribution in [2.24, 2.45) is 0 Å². The molecule has 5 heteroatoms. The zero-order chi connectivity index (χ0) is 20.4. The van der Waals surface area contributed by atoms with Gasteiger partial charge in [0.25, 0.3) is 5.91 Å². The first-order valence-corrected chi connectivity index (χ1v) is 9.70. The second kappa shape index (κ2) is 7.87. The Labute approximate surface area is 170 Å². The molecule has 0 unspecified atom stereocenters. The molecule has 0 spiro atoms. The number of nitrogens with one attached hydrogen (secondary N) is 1. The number of amides is 2. The molecule has 1 atom stereocenters. The van der Waals surface area contributed by atoms with Crippen molar-refractivity contribution in [1.82, 2.24) is 9.88 Å². The third-order valence-electron chi connectivity index (χ3n) is 5.22. The van der Waals surface area contributed by atoms with E-state index in [1.165, 1.54) is 0 Å². The summed E-state index contributed by atoms with van der Waals surface area (Å²) in [6.07, 6.45) is 0.165. The number of anilines is 1. The van der Waals surface area contributed by atoms with Crippen molar-refractivity contribution in [2.45, 2.75) is 32.9 Å². The van der Waals surface area contributed by atoms with Gasteiger partial charge < -0.3 is 10.2 Å². The lowest BCUT2D eigenvalue weighted by Gasteiger charge is -2.28. The molecular weight excluding hydrogens is 362 g/mol. The van der Waals surface area contributed by atoms with Crippen LogP contribution in [0.25, 0.3) is 0 Å². The van der Waals surface area contributed by atoms with E-state index in [-0.39, 0.29) is 24.3 Å². The van der Waals surface area contributed by atoms with Crippen molar-refractivity contribution in [3.63, 3.8) is 0 Å². The van der Waals surface area contributed by atoms with Crippen molar-refractivity contribution >= 4 is 17.6 Å². The molecule has 1 aliphatic heterocycles. The summed E-state index contributed by atoms with van der Waals surface area (Å²) in [5.41, 5.74) is 4.63. The molecule has 3 aromatic rings. The summed E-state index contributed by atoms with van der Waals surface area (Å²) in [7, 11) is 0. The molecule has 29 heavy (non-hydrogen) atoms. The maximum atomic E-state index is 13.0. The summed E-state index contributed by atoms with van der Waals surface area (Å²) in [5.74, 6) is 0.318. The Bertz CT molecular complexity index is 1060. The fourth-order valence-corrected chi connectivity index (χ4v) is 3.71. The average molecular weight is 385 g/mol. The van der Waals surface area contributed by atoms with Gasteiger partial charge in [0.15, 0.2) is 0 Å². The highest BCUT2D eigenvalue weighted by Crippen LogP contribution is 2.33. The fourth-order valence-electron chi connectivity index (χ4n) is 3.71. The molecule has 0 radical (unpaired) electrons. The number of benzene rings is 2. The Balaban J connectivity index is 1.60. The smallest absolute Gasteiger partial charge is 0.255 e. The van der Waals surface area contributed by atoms with Gasteiger partial charge in [0.2, 0.25) is 5.91 Å². The van der Waals surface area contributed by atoms with Gasteiger partial charge in [-0.05, 0) is 43.2 Å². The minimum atomic E-state index is -0.347. The van der Waals surface area contributed by atoms with Crippen LogP contribution in [0.1, 0.15) is 45.2 Å². The molecule has 0 saturated heterocycles. The van der Waals surface area contributed by atoms with Gasteiger partial charge in [-0.3, -0.25) is 9.59 Å². The van der Waals surface area contributed by atoms with Crippen molar-refractivity contribution < 1.29 is 9.59 Å². The Morgan fingerprint density at radius 3 is 2.52 bits per heavy atom. The summed E-state index contributed by atoms with van der Waals surface area (Å²) < 4.78 is 0. The van der Waals surface area contributed by atoms with E-state index in [1.807, 2.05) is 74.5 Å². The first-order valence-electron chi connectivity index (χ1n) is 9.70. The van der Waals surface area contributed by atoms with Gasteiger partial charge >= 0.3 is 0 Å². The van der Waals surface area contributed by atoms with Crippen LogP contribution >= 0.6 is 0 Å². The molecule has 0 aliphatic carbocycles. The normalized spacial score (nSPS) is 13.9. The van der Waals surface area contributed by atoms with Crippen molar-refractivity contribution in [3.8, 4) is 0 Å². The highest BCUT2D eigenvalue weighted by molar-refractivity contribution is 5.99. The quantitative estimate of drug-likeness (QED) is 0.707. The molecular formula is C24H23N3O2. The number of carbonyl (C=O) groups excluding carboxylic acids is 2. The molecule has 0 saturated carbocycles. The molecule has 146 valence electrons. The van der Waals surface area contributed by atoms with Crippen LogP contribution in [0.5, 0.6) is 0 Å². The number of fused-ring (bicyclic) bond motifs is 1. The molecule has 1 N–H and O–H groups in total. The predicted molar refractivity (Wildman–Crippen MR) is 112 cm³/mol. The maximum absolute atomic E-state index is 13.0. The third kappa shape index (κ3) is 4.04. The lowest BCUT2D eigenvalue weighted by atomic mass is 10.00. The second-order valence-corrected chi connectivity index (χ2v) is 7.43. The molecule has 4 rings (SSSR count). The van der Waals surface area contributed by atoms with E-state index >= 15 is 0 Å². The molecule has 0 fully saturated rings. The third-order valence-corrected chi connectivity index (χ3v) is 5.22. The van der Waals surface area contributed by atoms with E-state index in [0.717, 1.165) is 22.4 Å². The molecule has 2 amide bonds. The summed E-state index contributed by atoms with van der Waals surface area (Å²) in [6.45, 7) is 4.40. The molecule has 2 aromatic carbocycles. The van der Waals surface area contributed by atoms with Crippen LogP contribution in [0.3, 0.4) is 0 Å². The number of hydrogen-bond donors (Lipinski definition) is 1. The summed E-state index contributed by atoms with van der Waals surface area (Å²) in [4.78, 5) is 32.0.